The standard InChI is InChI=1S/C11H22N2/c1-10(2)6-8-13(3)9-11-5-4-7-12-11/h11-12H,1,4-9H2,2-3H3. The molecule has 1 N–H and O–H groups in total. The summed E-state index contributed by atoms with van der Waals surface area (Å²) in [5, 5.41) is 3.51. The Kier molecular flexibility index (Phi) is 4.46. The lowest BCUT2D eigenvalue weighted by Crippen LogP contribution is -2.35. The maximum Gasteiger partial charge on any atom is 0.0195 e. The van der Waals surface area contributed by atoms with Gasteiger partial charge in [0.1, 0.15) is 0 Å². The Morgan fingerprint density at radius 1 is 1.62 bits per heavy atom. The topological polar surface area (TPSA) is 15.3 Å². The van der Waals surface area contributed by atoms with Crippen molar-refractivity contribution in [2.45, 2.75) is 32.2 Å². The van der Waals surface area contributed by atoms with E-state index in [0.29, 0.717) is 0 Å². The first-order valence-electron chi connectivity index (χ1n) is 5.25. The zero-order chi connectivity index (χ0) is 9.68. The second-order valence-corrected chi connectivity index (χ2v) is 4.26. The Morgan fingerprint density at radius 3 is 2.92 bits per heavy atom. The molecule has 0 aromatic rings. The largest absolute Gasteiger partial charge is 0.313 e. The lowest BCUT2D eigenvalue weighted by molar-refractivity contribution is 0.303. The van der Waals surface area contributed by atoms with Gasteiger partial charge in [-0.05, 0) is 39.8 Å². The Bertz CT molecular complexity index is 159. The fourth-order valence-electron chi connectivity index (χ4n) is 1.76. The average molecular weight is 182 g/mol. The van der Waals surface area contributed by atoms with Gasteiger partial charge in [0.2, 0.25) is 0 Å². The van der Waals surface area contributed by atoms with Gasteiger partial charge < -0.3 is 10.2 Å². The van der Waals surface area contributed by atoms with Crippen LogP contribution in [0.3, 0.4) is 0 Å². The van der Waals surface area contributed by atoms with Gasteiger partial charge in [0.25, 0.3) is 0 Å². The molecule has 1 aliphatic rings. The number of nitrogens with zero attached hydrogens (tertiary/aromatic N) is 1. The van der Waals surface area contributed by atoms with Crippen LogP contribution in [-0.4, -0.2) is 37.6 Å². The molecular formula is C11H22N2. The first-order valence-corrected chi connectivity index (χ1v) is 5.25. The smallest absolute Gasteiger partial charge is 0.0195 e. The summed E-state index contributed by atoms with van der Waals surface area (Å²) in [5.74, 6) is 0. The molecule has 1 rings (SSSR count). The van der Waals surface area contributed by atoms with Crippen LogP contribution in [0.25, 0.3) is 0 Å². The first kappa shape index (κ1) is 10.7. The number of rotatable bonds is 5. The van der Waals surface area contributed by atoms with Gasteiger partial charge in [-0.25, -0.2) is 0 Å². The third-order valence-electron chi connectivity index (χ3n) is 2.61. The van der Waals surface area contributed by atoms with E-state index in [1.807, 2.05) is 0 Å². The lowest BCUT2D eigenvalue weighted by atomic mass is 10.2. The van der Waals surface area contributed by atoms with Crippen molar-refractivity contribution in [3.05, 3.63) is 12.2 Å². The third-order valence-corrected chi connectivity index (χ3v) is 2.61. The molecule has 0 aliphatic carbocycles. The molecule has 2 nitrogen and oxygen atoms in total. The zero-order valence-electron chi connectivity index (χ0n) is 8.97. The molecule has 1 heterocycles. The van der Waals surface area contributed by atoms with Crippen molar-refractivity contribution >= 4 is 0 Å². The van der Waals surface area contributed by atoms with Crippen LogP contribution in [0.15, 0.2) is 12.2 Å². The van der Waals surface area contributed by atoms with E-state index in [9.17, 15) is 0 Å². The van der Waals surface area contributed by atoms with Crippen molar-refractivity contribution in [3.63, 3.8) is 0 Å². The van der Waals surface area contributed by atoms with Crippen molar-refractivity contribution in [1.82, 2.24) is 10.2 Å². The van der Waals surface area contributed by atoms with Crippen LogP contribution in [-0.2, 0) is 0 Å². The minimum absolute atomic E-state index is 0.732. The van der Waals surface area contributed by atoms with E-state index in [4.69, 9.17) is 0 Å². The SMILES string of the molecule is C=C(C)CCN(C)CC1CCCN1. The molecule has 13 heavy (non-hydrogen) atoms. The summed E-state index contributed by atoms with van der Waals surface area (Å²) in [6, 6.07) is 0.732. The predicted molar refractivity (Wildman–Crippen MR) is 58.0 cm³/mol. The minimum atomic E-state index is 0.732. The molecule has 1 unspecified atom stereocenters. The van der Waals surface area contributed by atoms with E-state index < -0.39 is 0 Å². The van der Waals surface area contributed by atoms with Crippen LogP contribution in [0.5, 0.6) is 0 Å². The van der Waals surface area contributed by atoms with Crippen molar-refractivity contribution < 1.29 is 0 Å². The molecule has 0 spiro atoms. The average Bonchev–Trinajstić information content (AvgIpc) is 2.53. The fraction of sp³-hybridized carbons (Fsp3) is 0.818. The predicted octanol–water partition coefficient (Wildman–Crippen LogP) is 1.64. The van der Waals surface area contributed by atoms with Crippen molar-refractivity contribution in [3.8, 4) is 0 Å². The highest BCUT2D eigenvalue weighted by atomic mass is 15.1. The molecule has 1 saturated heterocycles. The third kappa shape index (κ3) is 4.44. The summed E-state index contributed by atoms with van der Waals surface area (Å²) >= 11 is 0. The van der Waals surface area contributed by atoms with E-state index in [0.717, 1.165) is 19.0 Å². The van der Waals surface area contributed by atoms with Gasteiger partial charge in [0.05, 0.1) is 0 Å². The van der Waals surface area contributed by atoms with Crippen molar-refractivity contribution in [2.24, 2.45) is 0 Å². The summed E-state index contributed by atoms with van der Waals surface area (Å²) in [4.78, 5) is 2.40. The number of nitrogens with one attached hydrogen (secondary N) is 1. The number of likely N-dealkylation sites (N-methyl/N-ethyl adjacent to an activating group) is 1. The minimum Gasteiger partial charge on any atom is -0.313 e. The number of hydrogen-bond donors (Lipinski definition) is 1. The van der Waals surface area contributed by atoms with Gasteiger partial charge in [-0.1, -0.05) is 5.57 Å². The summed E-state index contributed by atoms with van der Waals surface area (Å²) < 4.78 is 0. The highest BCUT2D eigenvalue weighted by Crippen LogP contribution is 2.06. The Hall–Kier alpha value is -0.340. The van der Waals surface area contributed by atoms with E-state index >= 15 is 0 Å². The van der Waals surface area contributed by atoms with E-state index in [1.165, 1.54) is 31.5 Å². The molecule has 0 aromatic heterocycles. The van der Waals surface area contributed by atoms with Gasteiger partial charge in [0.15, 0.2) is 0 Å². The summed E-state index contributed by atoms with van der Waals surface area (Å²) in [5.41, 5.74) is 1.28. The lowest BCUT2D eigenvalue weighted by Gasteiger charge is -2.20. The maximum atomic E-state index is 3.92. The highest BCUT2D eigenvalue weighted by molar-refractivity contribution is 4.88. The molecule has 76 valence electrons. The second kappa shape index (κ2) is 5.40. The molecular weight excluding hydrogens is 160 g/mol. The van der Waals surface area contributed by atoms with Gasteiger partial charge in [-0.2, -0.15) is 0 Å². The van der Waals surface area contributed by atoms with Gasteiger partial charge in [-0.15, -0.1) is 6.58 Å². The molecule has 0 amide bonds. The van der Waals surface area contributed by atoms with Crippen LogP contribution in [0.2, 0.25) is 0 Å². The van der Waals surface area contributed by atoms with Gasteiger partial charge >= 0.3 is 0 Å². The number of hydrogen-bond acceptors (Lipinski definition) is 2. The zero-order valence-corrected chi connectivity index (χ0v) is 8.97. The molecule has 0 bridgehead atoms. The summed E-state index contributed by atoms with van der Waals surface area (Å²) in [6.07, 6.45) is 3.82. The fourth-order valence-corrected chi connectivity index (χ4v) is 1.76. The monoisotopic (exact) mass is 182 g/mol. The van der Waals surface area contributed by atoms with Crippen LogP contribution >= 0.6 is 0 Å². The quantitative estimate of drug-likeness (QED) is 0.650. The Balaban J connectivity index is 2.09. The summed E-state index contributed by atoms with van der Waals surface area (Å²) in [7, 11) is 2.20. The molecule has 1 aliphatic heterocycles. The van der Waals surface area contributed by atoms with Crippen LogP contribution in [0.4, 0.5) is 0 Å². The molecule has 2 heteroatoms. The van der Waals surface area contributed by atoms with Crippen LogP contribution in [0, 0.1) is 0 Å². The Labute approximate surface area is 82.0 Å². The molecule has 0 radical (unpaired) electrons. The van der Waals surface area contributed by atoms with E-state index in [1.54, 1.807) is 0 Å². The van der Waals surface area contributed by atoms with Crippen molar-refractivity contribution in [2.75, 3.05) is 26.7 Å². The van der Waals surface area contributed by atoms with Crippen molar-refractivity contribution in [1.29, 1.82) is 0 Å². The highest BCUT2D eigenvalue weighted by Gasteiger charge is 2.15. The summed E-state index contributed by atoms with van der Waals surface area (Å²) in [6.45, 7) is 9.56. The maximum absolute atomic E-state index is 3.92. The Morgan fingerprint density at radius 2 is 2.38 bits per heavy atom. The normalized spacial score (nSPS) is 22.5. The van der Waals surface area contributed by atoms with Crippen LogP contribution in [0.1, 0.15) is 26.2 Å². The molecule has 0 aromatic carbocycles. The van der Waals surface area contributed by atoms with Crippen LogP contribution < -0.4 is 5.32 Å². The van der Waals surface area contributed by atoms with Gasteiger partial charge in [-0.3, -0.25) is 0 Å². The van der Waals surface area contributed by atoms with E-state index in [2.05, 4.69) is 30.8 Å². The van der Waals surface area contributed by atoms with Gasteiger partial charge in [0, 0.05) is 19.1 Å². The van der Waals surface area contributed by atoms with E-state index in [-0.39, 0.29) is 0 Å². The first-order chi connectivity index (χ1) is 6.18. The molecule has 1 fully saturated rings. The second-order valence-electron chi connectivity index (χ2n) is 4.26. The molecule has 1 atom stereocenters. The molecule has 0 saturated carbocycles.